The standard InChI is InChI=1S/C21H25N3O5/c1-23-11-10-18(22-21(25)14-4-7-16(8-5-14)24(26)27)17(13-23)15-6-9-19(28-2)20(12-15)29-3/h4-9,12,17-18H,10-11,13H2,1-3H3,(H,22,25)/t17-,18+/m0/s1. The highest BCUT2D eigenvalue weighted by atomic mass is 16.6. The quantitative estimate of drug-likeness (QED) is 0.593. The van der Waals surface area contributed by atoms with E-state index in [1.54, 1.807) is 14.2 Å². The van der Waals surface area contributed by atoms with Crippen molar-refractivity contribution in [1.82, 2.24) is 10.2 Å². The molecule has 0 aromatic heterocycles. The molecule has 3 rings (SSSR count). The van der Waals surface area contributed by atoms with Crippen LogP contribution in [-0.2, 0) is 0 Å². The highest BCUT2D eigenvalue weighted by Crippen LogP contribution is 2.34. The molecule has 2 aromatic rings. The molecule has 2 atom stereocenters. The normalized spacial score (nSPS) is 19.4. The van der Waals surface area contributed by atoms with Crippen LogP contribution in [0, 0.1) is 10.1 Å². The predicted molar refractivity (Wildman–Crippen MR) is 109 cm³/mol. The maximum atomic E-state index is 12.7. The second-order valence-electron chi connectivity index (χ2n) is 7.16. The van der Waals surface area contributed by atoms with Crippen molar-refractivity contribution in [1.29, 1.82) is 0 Å². The van der Waals surface area contributed by atoms with Crippen molar-refractivity contribution in [3.63, 3.8) is 0 Å². The molecule has 1 aliphatic rings. The molecular formula is C21H25N3O5. The number of nitrogens with one attached hydrogen (secondary N) is 1. The molecular weight excluding hydrogens is 374 g/mol. The number of methoxy groups -OCH3 is 2. The molecule has 29 heavy (non-hydrogen) atoms. The number of rotatable bonds is 6. The molecule has 1 heterocycles. The van der Waals surface area contributed by atoms with E-state index in [4.69, 9.17) is 9.47 Å². The summed E-state index contributed by atoms with van der Waals surface area (Å²) in [4.78, 5) is 25.3. The summed E-state index contributed by atoms with van der Waals surface area (Å²) in [6.45, 7) is 1.66. The summed E-state index contributed by atoms with van der Waals surface area (Å²) in [6.07, 6.45) is 0.800. The van der Waals surface area contributed by atoms with Crippen LogP contribution in [0.15, 0.2) is 42.5 Å². The van der Waals surface area contributed by atoms with Gasteiger partial charge in [0.05, 0.1) is 19.1 Å². The van der Waals surface area contributed by atoms with E-state index in [1.807, 2.05) is 18.2 Å². The maximum Gasteiger partial charge on any atom is 0.269 e. The van der Waals surface area contributed by atoms with Crippen LogP contribution in [0.5, 0.6) is 11.5 Å². The minimum atomic E-state index is -0.480. The number of carbonyl (C=O) groups is 1. The van der Waals surface area contributed by atoms with Crippen molar-refractivity contribution in [3.8, 4) is 11.5 Å². The van der Waals surface area contributed by atoms with Crippen molar-refractivity contribution in [3.05, 3.63) is 63.7 Å². The molecule has 0 bridgehead atoms. The van der Waals surface area contributed by atoms with Crippen LogP contribution < -0.4 is 14.8 Å². The van der Waals surface area contributed by atoms with Crippen molar-refractivity contribution in [2.24, 2.45) is 0 Å². The third kappa shape index (κ3) is 4.65. The fraction of sp³-hybridized carbons (Fsp3) is 0.381. The molecule has 0 radical (unpaired) electrons. The van der Waals surface area contributed by atoms with Gasteiger partial charge in [0.25, 0.3) is 11.6 Å². The van der Waals surface area contributed by atoms with Crippen LogP contribution in [0.4, 0.5) is 5.69 Å². The van der Waals surface area contributed by atoms with Gasteiger partial charge in [0, 0.05) is 36.2 Å². The Kier molecular flexibility index (Phi) is 6.33. The van der Waals surface area contributed by atoms with Crippen molar-refractivity contribution in [2.75, 3.05) is 34.4 Å². The number of nitro groups is 1. The number of nitro benzene ring substituents is 1. The first-order chi connectivity index (χ1) is 13.9. The Morgan fingerprint density at radius 3 is 2.45 bits per heavy atom. The van der Waals surface area contributed by atoms with Gasteiger partial charge < -0.3 is 19.7 Å². The van der Waals surface area contributed by atoms with Crippen LogP contribution in [-0.4, -0.2) is 56.1 Å². The van der Waals surface area contributed by atoms with Crippen molar-refractivity contribution >= 4 is 11.6 Å². The number of piperidine rings is 1. The average molecular weight is 399 g/mol. The first-order valence-electron chi connectivity index (χ1n) is 9.38. The molecule has 1 aliphatic heterocycles. The Balaban J connectivity index is 1.81. The summed E-state index contributed by atoms with van der Waals surface area (Å²) in [5.41, 5.74) is 1.42. The molecule has 1 N–H and O–H groups in total. The Labute approximate surface area is 169 Å². The number of hydrogen-bond donors (Lipinski definition) is 1. The van der Waals surface area contributed by atoms with Crippen LogP contribution in [0.3, 0.4) is 0 Å². The summed E-state index contributed by atoms with van der Waals surface area (Å²) in [7, 11) is 5.25. The second kappa shape index (κ2) is 8.91. The maximum absolute atomic E-state index is 12.7. The van der Waals surface area contributed by atoms with E-state index in [-0.39, 0.29) is 23.6 Å². The molecule has 8 heteroatoms. The molecule has 8 nitrogen and oxygen atoms in total. The summed E-state index contributed by atoms with van der Waals surface area (Å²) in [5, 5.41) is 13.9. The van der Waals surface area contributed by atoms with Gasteiger partial charge in [-0.05, 0) is 49.8 Å². The Hall–Kier alpha value is -3.13. The molecule has 0 spiro atoms. The zero-order valence-electron chi connectivity index (χ0n) is 16.8. The first-order valence-corrected chi connectivity index (χ1v) is 9.38. The number of carbonyl (C=O) groups excluding carboxylic acids is 1. The topological polar surface area (TPSA) is 93.9 Å². The van der Waals surface area contributed by atoms with Gasteiger partial charge in [-0.3, -0.25) is 14.9 Å². The van der Waals surface area contributed by atoms with E-state index in [1.165, 1.54) is 24.3 Å². The molecule has 2 aromatic carbocycles. The molecule has 0 aliphatic carbocycles. The van der Waals surface area contributed by atoms with E-state index in [9.17, 15) is 14.9 Å². The molecule has 154 valence electrons. The van der Waals surface area contributed by atoms with E-state index >= 15 is 0 Å². The third-order valence-electron chi connectivity index (χ3n) is 5.31. The van der Waals surface area contributed by atoms with E-state index in [2.05, 4.69) is 17.3 Å². The predicted octanol–water partition coefficient (Wildman–Crippen LogP) is 2.83. The fourth-order valence-corrected chi connectivity index (χ4v) is 3.70. The molecule has 1 fully saturated rings. The lowest BCUT2D eigenvalue weighted by Gasteiger charge is -2.37. The van der Waals surface area contributed by atoms with Crippen LogP contribution in [0.25, 0.3) is 0 Å². The van der Waals surface area contributed by atoms with Crippen LogP contribution in [0.2, 0.25) is 0 Å². The molecule has 1 amide bonds. The number of hydrogen-bond acceptors (Lipinski definition) is 6. The lowest BCUT2D eigenvalue weighted by molar-refractivity contribution is -0.384. The lowest BCUT2D eigenvalue weighted by Crippen LogP contribution is -2.48. The monoisotopic (exact) mass is 399 g/mol. The number of ether oxygens (including phenoxy) is 2. The van der Waals surface area contributed by atoms with Crippen LogP contribution >= 0.6 is 0 Å². The number of likely N-dealkylation sites (N-methyl/N-ethyl adjacent to an activating group) is 1. The third-order valence-corrected chi connectivity index (χ3v) is 5.31. The molecule has 0 unspecified atom stereocenters. The Morgan fingerprint density at radius 1 is 1.14 bits per heavy atom. The summed E-state index contributed by atoms with van der Waals surface area (Å²) < 4.78 is 10.8. The average Bonchev–Trinajstić information content (AvgIpc) is 2.74. The molecule has 0 saturated carbocycles. The van der Waals surface area contributed by atoms with Gasteiger partial charge in [0.15, 0.2) is 11.5 Å². The number of likely N-dealkylation sites (tertiary alicyclic amines) is 1. The van der Waals surface area contributed by atoms with Gasteiger partial charge in [0.1, 0.15) is 0 Å². The van der Waals surface area contributed by atoms with Crippen molar-refractivity contribution < 1.29 is 19.2 Å². The van der Waals surface area contributed by atoms with E-state index in [0.717, 1.165) is 25.1 Å². The number of benzene rings is 2. The Morgan fingerprint density at radius 2 is 1.83 bits per heavy atom. The van der Waals surface area contributed by atoms with Gasteiger partial charge in [0.2, 0.25) is 0 Å². The van der Waals surface area contributed by atoms with Gasteiger partial charge in [-0.2, -0.15) is 0 Å². The number of amides is 1. The van der Waals surface area contributed by atoms with Gasteiger partial charge >= 0.3 is 0 Å². The van der Waals surface area contributed by atoms with Crippen molar-refractivity contribution in [2.45, 2.75) is 18.4 Å². The van der Waals surface area contributed by atoms with E-state index in [0.29, 0.717) is 17.1 Å². The van der Waals surface area contributed by atoms with Crippen LogP contribution in [0.1, 0.15) is 28.3 Å². The zero-order chi connectivity index (χ0) is 21.0. The highest BCUT2D eigenvalue weighted by molar-refractivity contribution is 5.94. The van der Waals surface area contributed by atoms with Gasteiger partial charge in [-0.1, -0.05) is 6.07 Å². The van der Waals surface area contributed by atoms with E-state index < -0.39 is 4.92 Å². The number of nitrogens with zero attached hydrogens (tertiary/aromatic N) is 2. The summed E-state index contributed by atoms with van der Waals surface area (Å²) >= 11 is 0. The van der Waals surface area contributed by atoms with Gasteiger partial charge in [-0.15, -0.1) is 0 Å². The van der Waals surface area contributed by atoms with Gasteiger partial charge in [-0.25, -0.2) is 0 Å². The zero-order valence-corrected chi connectivity index (χ0v) is 16.8. The number of non-ortho nitro benzene ring substituents is 1. The minimum absolute atomic E-state index is 0.0379. The minimum Gasteiger partial charge on any atom is -0.493 e. The molecule has 1 saturated heterocycles. The summed E-state index contributed by atoms with van der Waals surface area (Å²) in [6, 6.07) is 11.4. The highest BCUT2D eigenvalue weighted by Gasteiger charge is 2.31. The largest absolute Gasteiger partial charge is 0.493 e. The lowest BCUT2D eigenvalue weighted by atomic mass is 9.85. The summed E-state index contributed by atoms with van der Waals surface area (Å²) in [5.74, 6) is 1.15. The first kappa shape index (κ1) is 20.6. The fourth-order valence-electron chi connectivity index (χ4n) is 3.70. The smallest absolute Gasteiger partial charge is 0.269 e. The Bertz CT molecular complexity index is 884. The second-order valence-corrected chi connectivity index (χ2v) is 7.16. The SMILES string of the molecule is COc1ccc([C@@H]2CN(C)CC[C@H]2NC(=O)c2ccc([N+](=O)[O-])cc2)cc1OC.